The van der Waals surface area contributed by atoms with Crippen molar-refractivity contribution >= 4 is 11.5 Å². The molecular formula is C12H17N3O. The smallest absolute Gasteiger partial charge is 0.152 e. The summed E-state index contributed by atoms with van der Waals surface area (Å²) in [5, 5.41) is 3.45. The van der Waals surface area contributed by atoms with Crippen molar-refractivity contribution in [2.75, 3.05) is 30.4 Å². The van der Waals surface area contributed by atoms with Crippen molar-refractivity contribution in [1.82, 2.24) is 4.98 Å². The standard InChI is InChI=1S/C12H17N3O/c1-8-3-4-11-12(14-8)15-7-10(16-2)5-9(15)6-13-11/h3-4,9-10,13H,5-7H2,1-2H3. The molecular weight excluding hydrogens is 202 g/mol. The molecule has 3 rings (SSSR count). The maximum atomic E-state index is 5.45. The number of rotatable bonds is 1. The van der Waals surface area contributed by atoms with E-state index in [1.165, 1.54) is 0 Å². The fourth-order valence-electron chi connectivity index (χ4n) is 2.63. The van der Waals surface area contributed by atoms with Crippen molar-refractivity contribution in [1.29, 1.82) is 0 Å². The second-order valence-electron chi connectivity index (χ2n) is 4.60. The molecule has 2 aliphatic rings. The number of pyridine rings is 1. The highest BCUT2D eigenvalue weighted by atomic mass is 16.5. The van der Waals surface area contributed by atoms with Crippen LogP contribution in [0, 0.1) is 6.92 Å². The number of methoxy groups -OCH3 is 1. The number of hydrogen-bond acceptors (Lipinski definition) is 4. The summed E-state index contributed by atoms with van der Waals surface area (Å²) in [5.41, 5.74) is 2.22. The van der Waals surface area contributed by atoms with E-state index in [0.29, 0.717) is 12.1 Å². The van der Waals surface area contributed by atoms with Crippen molar-refractivity contribution in [2.45, 2.75) is 25.5 Å². The Morgan fingerprint density at radius 2 is 2.38 bits per heavy atom. The third-order valence-corrected chi connectivity index (χ3v) is 3.52. The zero-order chi connectivity index (χ0) is 11.1. The lowest BCUT2D eigenvalue weighted by Gasteiger charge is -2.33. The van der Waals surface area contributed by atoms with Crippen LogP contribution in [0.2, 0.25) is 0 Å². The van der Waals surface area contributed by atoms with E-state index in [9.17, 15) is 0 Å². The molecule has 2 atom stereocenters. The predicted molar refractivity (Wildman–Crippen MR) is 64.0 cm³/mol. The molecule has 0 radical (unpaired) electrons. The first kappa shape index (κ1) is 9.90. The van der Waals surface area contributed by atoms with Gasteiger partial charge >= 0.3 is 0 Å². The van der Waals surface area contributed by atoms with Crippen LogP contribution in [0.15, 0.2) is 12.1 Å². The van der Waals surface area contributed by atoms with Gasteiger partial charge in [0.2, 0.25) is 0 Å². The molecule has 1 fully saturated rings. The van der Waals surface area contributed by atoms with Crippen LogP contribution in [-0.2, 0) is 4.74 Å². The van der Waals surface area contributed by atoms with Crippen molar-refractivity contribution in [3.05, 3.63) is 17.8 Å². The molecule has 1 aromatic rings. The summed E-state index contributed by atoms with van der Waals surface area (Å²) in [6.07, 6.45) is 1.44. The monoisotopic (exact) mass is 219 g/mol. The molecule has 2 unspecified atom stereocenters. The topological polar surface area (TPSA) is 37.4 Å². The van der Waals surface area contributed by atoms with E-state index in [2.05, 4.69) is 27.3 Å². The molecule has 0 saturated carbocycles. The summed E-state index contributed by atoms with van der Waals surface area (Å²) >= 11 is 0. The van der Waals surface area contributed by atoms with Gasteiger partial charge in [0, 0.05) is 25.9 Å². The molecule has 86 valence electrons. The minimum atomic E-state index is 0.347. The van der Waals surface area contributed by atoms with Gasteiger partial charge in [-0.2, -0.15) is 0 Å². The van der Waals surface area contributed by atoms with Crippen LogP contribution >= 0.6 is 0 Å². The van der Waals surface area contributed by atoms with Gasteiger partial charge in [-0.25, -0.2) is 4.98 Å². The van der Waals surface area contributed by atoms with Gasteiger partial charge in [-0.05, 0) is 25.5 Å². The molecule has 1 saturated heterocycles. The quantitative estimate of drug-likeness (QED) is 0.775. The summed E-state index contributed by atoms with van der Waals surface area (Å²) in [4.78, 5) is 7.01. The third kappa shape index (κ3) is 1.45. The number of nitrogens with one attached hydrogen (secondary N) is 1. The van der Waals surface area contributed by atoms with Gasteiger partial charge in [-0.3, -0.25) is 0 Å². The fraction of sp³-hybridized carbons (Fsp3) is 0.583. The molecule has 0 bridgehead atoms. The zero-order valence-corrected chi connectivity index (χ0v) is 9.73. The molecule has 3 heterocycles. The van der Waals surface area contributed by atoms with Gasteiger partial charge in [0.1, 0.15) is 0 Å². The SMILES string of the molecule is COC1CC2CNc3ccc(C)nc3N2C1. The highest BCUT2D eigenvalue weighted by Crippen LogP contribution is 2.35. The Balaban J connectivity index is 1.96. The lowest BCUT2D eigenvalue weighted by Crippen LogP contribution is -2.40. The normalized spacial score (nSPS) is 27.2. The minimum Gasteiger partial charge on any atom is -0.380 e. The second kappa shape index (κ2) is 3.63. The summed E-state index contributed by atoms with van der Waals surface area (Å²) in [7, 11) is 1.79. The number of fused-ring (bicyclic) bond motifs is 3. The summed E-state index contributed by atoms with van der Waals surface area (Å²) in [6.45, 7) is 4.00. The van der Waals surface area contributed by atoms with Crippen molar-refractivity contribution in [2.24, 2.45) is 0 Å². The van der Waals surface area contributed by atoms with Crippen LogP contribution in [0.1, 0.15) is 12.1 Å². The van der Waals surface area contributed by atoms with Gasteiger partial charge in [0.05, 0.1) is 17.8 Å². The number of ether oxygens (including phenoxy) is 1. The Hall–Kier alpha value is -1.29. The van der Waals surface area contributed by atoms with E-state index in [-0.39, 0.29) is 0 Å². The first-order chi connectivity index (χ1) is 7.78. The van der Waals surface area contributed by atoms with Gasteiger partial charge in [0.25, 0.3) is 0 Å². The van der Waals surface area contributed by atoms with Crippen LogP contribution in [0.3, 0.4) is 0 Å². The third-order valence-electron chi connectivity index (χ3n) is 3.52. The van der Waals surface area contributed by atoms with Gasteiger partial charge in [0.15, 0.2) is 5.82 Å². The molecule has 4 heteroatoms. The van der Waals surface area contributed by atoms with Crippen LogP contribution in [0.25, 0.3) is 0 Å². The Morgan fingerprint density at radius 3 is 3.19 bits per heavy atom. The van der Waals surface area contributed by atoms with Crippen LogP contribution < -0.4 is 10.2 Å². The molecule has 0 amide bonds. The molecule has 2 aliphatic heterocycles. The van der Waals surface area contributed by atoms with E-state index < -0.39 is 0 Å². The Bertz CT molecular complexity index is 407. The first-order valence-corrected chi connectivity index (χ1v) is 5.79. The summed E-state index contributed by atoms with van der Waals surface area (Å²) in [6, 6.07) is 4.70. The minimum absolute atomic E-state index is 0.347. The lowest BCUT2D eigenvalue weighted by molar-refractivity contribution is 0.118. The zero-order valence-electron chi connectivity index (χ0n) is 9.73. The maximum absolute atomic E-state index is 5.45. The molecule has 1 aromatic heterocycles. The number of nitrogens with zero attached hydrogens (tertiary/aromatic N) is 2. The molecule has 1 N–H and O–H groups in total. The van der Waals surface area contributed by atoms with E-state index in [1.54, 1.807) is 7.11 Å². The second-order valence-corrected chi connectivity index (χ2v) is 4.60. The Morgan fingerprint density at radius 1 is 1.50 bits per heavy atom. The largest absolute Gasteiger partial charge is 0.380 e. The summed E-state index contributed by atoms with van der Waals surface area (Å²) < 4.78 is 5.45. The molecule has 4 nitrogen and oxygen atoms in total. The lowest BCUT2D eigenvalue weighted by atomic mass is 10.1. The van der Waals surface area contributed by atoms with Crippen LogP contribution in [-0.4, -0.2) is 37.3 Å². The number of anilines is 2. The van der Waals surface area contributed by atoms with Crippen LogP contribution in [0.4, 0.5) is 11.5 Å². The number of aryl methyl sites for hydroxylation is 1. The number of aromatic nitrogens is 1. The molecule has 16 heavy (non-hydrogen) atoms. The number of hydrogen-bond donors (Lipinski definition) is 1. The van der Waals surface area contributed by atoms with Gasteiger partial charge in [-0.15, -0.1) is 0 Å². The maximum Gasteiger partial charge on any atom is 0.152 e. The predicted octanol–water partition coefficient (Wildman–Crippen LogP) is 1.41. The molecule has 0 aromatic carbocycles. The van der Waals surface area contributed by atoms with E-state index in [0.717, 1.165) is 36.7 Å². The van der Waals surface area contributed by atoms with Gasteiger partial charge < -0.3 is 15.0 Å². The fourth-order valence-corrected chi connectivity index (χ4v) is 2.63. The first-order valence-electron chi connectivity index (χ1n) is 5.79. The average Bonchev–Trinajstić information content (AvgIpc) is 2.72. The van der Waals surface area contributed by atoms with E-state index in [1.807, 2.05) is 6.92 Å². The molecule has 0 aliphatic carbocycles. The summed E-state index contributed by atoms with van der Waals surface area (Å²) in [5.74, 6) is 1.09. The Kier molecular flexibility index (Phi) is 2.24. The van der Waals surface area contributed by atoms with Crippen molar-refractivity contribution in [3.63, 3.8) is 0 Å². The van der Waals surface area contributed by atoms with E-state index >= 15 is 0 Å². The van der Waals surface area contributed by atoms with E-state index in [4.69, 9.17) is 4.74 Å². The highest BCUT2D eigenvalue weighted by molar-refractivity contribution is 5.69. The van der Waals surface area contributed by atoms with Crippen LogP contribution in [0.5, 0.6) is 0 Å². The molecule has 0 spiro atoms. The highest BCUT2D eigenvalue weighted by Gasteiger charge is 2.36. The average molecular weight is 219 g/mol. The Labute approximate surface area is 95.6 Å². The van der Waals surface area contributed by atoms with Gasteiger partial charge in [-0.1, -0.05) is 0 Å². The van der Waals surface area contributed by atoms with Crippen molar-refractivity contribution < 1.29 is 4.74 Å². The van der Waals surface area contributed by atoms with Crippen molar-refractivity contribution in [3.8, 4) is 0 Å².